The number of methoxy groups -OCH3 is 1. The molecule has 5 heteroatoms. The van der Waals surface area contributed by atoms with Crippen LogP contribution < -0.4 is 14.9 Å². The zero-order valence-electron chi connectivity index (χ0n) is 16.9. The molecule has 1 aliphatic rings. The van der Waals surface area contributed by atoms with Crippen LogP contribution in [0.2, 0.25) is 0 Å². The van der Waals surface area contributed by atoms with Gasteiger partial charge in [0.2, 0.25) is 0 Å². The van der Waals surface area contributed by atoms with Crippen LogP contribution in [0.15, 0.2) is 35.1 Å². The highest BCUT2D eigenvalue weighted by atomic mass is 16.5. The van der Waals surface area contributed by atoms with Gasteiger partial charge in [0.25, 0.3) is 0 Å². The second kappa shape index (κ2) is 8.12. The van der Waals surface area contributed by atoms with E-state index in [0.29, 0.717) is 29.6 Å². The molecule has 0 spiro atoms. The van der Waals surface area contributed by atoms with Crippen molar-refractivity contribution in [3.8, 4) is 23.3 Å². The first-order chi connectivity index (χ1) is 13.4. The molecule has 1 fully saturated rings. The van der Waals surface area contributed by atoms with Gasteiger partial charge in [-0.2, -0.15) is 0 Å². The molecule has 1 atom stereocenters. The van der Waals surface area contributed by atoms with E-state index in [0.717, 1.165) is 11.4 Å². The molecule has 1 aromatic carbocycles. The van der Waals surface area contributed by atoms with E-state index >= 15 is 0 Å². The molecule has 0 bridgehead atoms. The smallest absolute Gasteiger partial charge is 0.182 e. The van der Waals surface area contributed by atoms with Crippen molar-refractivity contribution in [2.45, 2.75) is 45.8 Å². The number of benzene rings is 1. The van der Waals surface area contributed by atoms with Crippen molar-refractivity contribution < 1.29 is 14.6 Å². The Labute approximate surface area is 165 Å². The summed E-state index contributed by atoms with van der Waals surface area (Å²) < 4.78 is 13.3. The number of nitrogens with zero attached hydrogens (tertiary/aromatic N) is 1. The Morgan fingerprint density at radius 1 is 1.18 bits per heavy atom. The van der Waals surface area contributed by atoms with E-state index < -0.39 is 5.60 Å². The molecule has 1 unspecified atom stereocenters. The number of pyridine rings is 1. The summed E-state index contributed by atoms with van der Waals surface area (Å²) in [7, 11) is 1.60. The second-order valence-corrected chi connectivity index (χ2v) is 7.42. The largest absolute Gasteiger partial charge is 0.493 e. The summed E-state index contributed by atoms with van der Waals surface area (Å²) in [4.78, 5) is 11.7. The number of aryl methyl sites for hydroxylation is 2. The highest BCUT2D eigenvalue weighted by molar-refractivity contribution is 5.46. The van der Waals surface area contributed by atoms with Gasteiger partial charge in [-0.15, -0.1) is 5.92 Å². The summed E-state index contributed by atoms with van der Waals surface area (Å²) in [5, 5.41) is 11.5. The Morgan fingerprint density at radius 3 is 2.43 bits per heavy atom. The predicted molar refractivity (Wildman–Crippen MR) is 109 cm³/mol. The third-order valence-electron chi connectivity index (χ3n) is 5.09. The Morgan fingerprint density at radius 2 is 1.86 bits per heavy atom. The maximum atomic E-state index is 11.7. The molecule has 0 aliphatic heterocycles. The fourth-order valence-electron chi connectivity index (χ4n) is 3.31. The lowest BCUT2D eigenvalue weighted by Crippen LogP contribution is -2.32. The molecule has 1 N–H and O–H groups in total. The van der Waals surface area contributed by atoms with Gasteiger partial charge in [-0.1, -0.05) is 12.0 Å². The van der Waals surface area contributed by atoms with Crippen LogP contribution in [-0.4, -0.2) is 23.4 Å². The maximum absolute atomic E-state index is 11.7. The molecule has 0 saturated heterocycles. The summed E-state index contributed by atoms with van der Waals surface area (Å²) in [5.74, 6) is 7.63. The van der Waals surface area contributed by atoms with Gasteiger partial charge in [-0.3, -0.25) is 4.79 Å². The Balaban J connectivity index is 1.99. The number of aliphatic hydroxyl groups is 1. The van der Waals surface area contributed by atoms with Crippen molar-refractivity contribution >= 4 is 0 Å². The van der Waals surface area contributed by atoms with E-state index in [1.165, 1.54) is 12.8 Å². The van der Waals surface area contributed by atoms with Gasteiger partial charge in [-0.05, 0) is 51.7 Å². The molecule has 28 heavy (non-hydrogen) atoms. The summed E-state index contributed by atoms with van der Waals surface area (Å²) in [5.41, 5.74) is 0.714. The molecule has 1 saturated carbocycles. The maximum Gasteiger partial charge on any atom is 0.182 e. The Hall–Kier alpha value is -2.71. The molecule has 0 amide bonds. The quantitative estimate of drug-likeness (QED) is 0.749. The molecule has 1 heterocycles. The van der Waals surface area contributed by atoms with E-state index in [9.17, 15) is 9.90 Å². The van der Waals surface area contributed by atoms with Gasteiger partial charge in [0.15, 0.2) is 22.5 Å². The molecule has 3 rings (SSSR count). The number of ether oxygens (including phenoxy) is 2. The minimum Gasteiger partial charge on any atom is -0.493 e. The van der Waals surface area contributed by atoms with Crippen molar-refractivity contribution in [2.24, 2.45) is 5.92 Å². The van der Waals surface area contributed by atoms with Crippen LogP contribution in [0.3, 0.4) is 0 Å². The lowest BCUT2D eigenvalue weighted by atomic mass is 9.93. The summed E-state index contributed by atoms with van der Waals surface area (Å²) in [6, 6.07) is 8.53. The van der Waals surface area contributed by atoms with Crippen LogP contribution in [0.5, 0.6) is 11.5 Å². The highest BCUT2D eigenvalue weighted by Crippen LogP contribution is 2.36. The minimum atomic E-state index is -1.43. The molecule has 2 aromatic rings. The van der Waals surface area contributed by atoms with E-state index in [4.69, 9.17) is 9.47 Å². The SMILES string of the molecule is CC#CC(O)(Cn1c(C)cc(=O)cc1C)c1ccc(OC)c(OCC2CC2)c1. The first-order valence-electron chi connectivity index (χ1n) is 9.52. The Kier molecular flexibility index (Phi) is 5.81. The van der Waals surface area contributed by atoms with E-state index in [1.807, 2.05) is 18.4 Å². The average molecular weight is 381 g/mol. The first kappa shape index (κ1) is 20.0. The third kappa shape index (κ3) is 4.40. The molecule has 5 nitrogen and oxygen atoms in total. The molecular formula is C23H27NO4. The molecule has 1 aromatic heterocycles. The first-order valence-corrected chi connectivity index (χ1v) is 9.52. The summed E-state index contributed by atoms with van der Waals surface area (Å²) in [6.45, 7) is 6.26. The lowest BCUT2D eigenvalue weighted by molar-refractivity contribution is 0.0781. The van der Waals surface area contributed by atoms with Gasteiger partial charge < -0.3 is 19.1 Å². The zero-order chi connectivity index (χ0) is 20.3. The predicted octanol–water partition coefficient (Wildman–Crippen LogP) is 3.17. The van der Waals surface area contributed by atoms with Crippen molar-refractivity contribution in [3.05, 3.63) is 57.5 Å². The molecule has 0 radical (unpaired) electrons. The number of hydrogen-bond acceptors (Lipinski definition) is 4. The average Bonchev–Trinajstić information content (AvgIpc) is 3.47. The van der Waals surface area contributed by atoms with E-state index in [1.54, 1.807) is 44.4 Å². The van der Waals surface area contributed by atoms with Crippen LogP contribution in [0.25, 0.3) is 0 Å². The van der Waals surface area contributed by atoms with E-state index in [-0.39, 0.29) is 12.0 Å². The normalized spacial score (nSPS) is 15.3. The molecule has 1 aliphatic carbocycles. The monoisotopic (exact) mass is 381 g/mol. The fourth-order valence-corrected chi connectivity index (χ4v) is 3.31. The molecule has 148 valence electrons. The van der Waals surface area contributed by atoms with Crippen molar-refractivity contribution in [3.63, 3.8) is 0 Å². The fraction of sp³-hybridized carbons (Fsp3) is 0.435. The minimum absolute atomic E-state index is 0.0448. The van der Waals surface area contributed by atoms with E-state index in [2.05, 4.69) is 11.8 Å². The summed E-state index contributed by atoms with van der Waals surface area (Å²) >= 11 is 0. The molecular weight excluding hydrogens is 354 g/mol. The number of hydrogen-bond donors (Lipinski definition) is 1. The van der Waals surface area contributed by atoms with Gasteiger partial charge >= 0.3 is 0 Å². The third-order valence-corrected chi connectivity index (χ3v) is 5.09. The van der Waals surface area contributed by atoms with Crippen molar-refractivity contribution in [2.75, 3.05) is 13.7 Å². The number of rotatable bonds is 7. The topological polar surface area (TPSA) is 60.7 Å². The van der Waals surface area contributed by atoms with Crippen LogP contribution in [0.1, 0.15) is 36.7 Å². The van der Waals surface area contributed by atoms with Crippen LogP contribution in [-0.2, 0) is 12.1 Å². The van der Waals surface area contributed by atoms with Crippen molar-refractivity contribution in [1.82, 2.24) is 4.57 Å². The number of aromatic nitrogens is 1. The van der Waals surface area contributed by atoms with Gasteiger partial charge in [0.1, 0.15) is 0 Å². The lowest BCUT2D eigenvalue weighted by Gasteiger charge is -2.27. The van der Waals surface area contributed by atoms with Crippen molar-refractivity contribution in [1.29, 1.82) is 0 Å². The zero-order valence-corrected chi connectivity index (χ0v) is 16.9. The van der Waals surface area contributed by atoms with Crippen LogP contribution >= 0.6 is 0 Å². The van der Waals surface area contributed by atoms with Gasteiger partial charge in [0, 0.05) is 29.1 Å². The second-order valence-electron chi connectivity index (χ2n) is 7.42. The standard InChI is InChI=1S/C23H27NO4/c1-5-10-23(26,15-24-16(2)11-20(25)12-17(24)3)19-8-9-21(27-4)22(13-19)28-14-18-6-7-18/h8-9,11-13,18,26H,6-7,14-15H2,1-4H3. The van der Waals surface area contributed by atoms with Gasteiger partial charge in [-0.25, -0.2) is 0 Å². The summed E-state index contributed by atoms with van der Waals surface area (Å²) in [6.07, 6.45) is 2.39. The van der Waals surface area contributed by atoms with Crippen LogP contribution in [0.4, 0.5) is 0 Å². The highest BCUT2D eigenvalue weighted by Gasteiger charge is 2.30. The van der Waals surface area contributed by atoms with Crippen LogP contribution in [0, 0.1) is 31.6 Å². The Bertz CT molecular complexity index is 952. The van der Waals surface area contributed by atoms with Gasteiger partial charge in [0.05, 0.1) is 20.3 Å².